The molecule has 0 bridgehead atoms. The van der Waals surface area contributed by atoms with Crippen LogP contribution in [0.2, 0.25) is 0 Å². The summed E-state index contributed by atoms with van der Waals surface area (Å²) in [5.41, 5.74) is 0. The van der Waals surface area contributed by atoms with Gasteiger partial charge in [0.05, 0.1) is 18.0 Å². The second kappa shape index (κ2) is 9.15. The van der Waals surface area contributed by atoms with E-state index >= 15 is 0 Å². The average molecular weight is 404 g/mol. The van der Waals surface area contributed by atoms with E-state index in [-0.39, 0.29) is 5.91 Å². The number of rotatable bonds is 6. The van der Waals surface area contributed by atoms with Crippen molar-refractivity contribution in [2.24, 2.45) is 5.92 Å². The molecule has 1 saturated carbocycles. The molecule has 2 aliphatic rings. The van der Waals surface area contributed by atoms with Crippen molar-refractivity contribution in [3.63, 3.8) is 0 Å². The summed E-state index contributed by atoms with van der Waals surface area (Å²) in [5.74, 6) is 2.22. The zero-order valence-electron chi connectivity index (χ0n) is 16.5. The van der Waals surface area contributed by atoms with Gasteiger partial charge in [-0.2, -0.15) is 4.98 Å². The Morgan fingerprint density at radius 3 is 2.86 bits per heavy atom. The normalized spacial score (nSPS) is 24.3. The Morgan fingerprint density at radius 2 is 2.11 bits per heavy atom. The molecule has 4 rings (SSSR count). The minimum atomic E-state index is 0.171. The highest BCUT2D eigenvalue weighted by atomic mass is 32.1. The molecule has 2 fully saturated rings. The SMILES string of the molecule is CC1CCCC(NC(=O)CN2CCN(Cc3nc(-c4cccs4)no3)CC2)C1. The third-order valence-corrected chi connectivity index (χ3v) is 6.57. The van der Waals surface area contributed by atoms with Crippen LogP contribution in [0.1, 0.15) is 38.5 Å². The van der Waals surface area contributed by atoms with E-state index in [4.69, 9.17) is 4.52 Å². The molecular weight excluding hydrogens is 374 g/mol. The lowest BCUT2D eigenvalue weighted by atomic mass is 9.87. The van der Waals surface area contributed by atoms with Crippen LogP contribution >= 0.6 is 11.3 Å². The maximum absolute atomic E-state index is 12.4. The van der Waals surface area contributed by atoms with E-state index in [9.17, 15) is 4.79 Å². The van der Waals surface area contributed by atoms with E-state index in [0.29, 0.717) is 30.8 Å². The summed E-state index contributed by atoms with van der Waals surface area (Å²) in [6.45, 7) is 7.04. The van der Waals surface area contributed by atoms with Crippen LogP contribution in [-0.2, 0) is 11.3 Å². The first-order chi connectivity index (χ1) is 13.7. The van der Waals surface area contributed by atoms with E-state index < -0.39 is 0 Å². The minimum Gasteiger partial charge on any atom is -0.352 e. The fraction of sp³-hybridized carbons (Fsp3) is 0.650. The zero-order valence-corrected chi connectivity index (χ0v) is 17.3. The molecule has 0 radical (unpaired) electrons. The van der Waals surface area contributed by atoms with Crippen molar-refractivity contribution >= 4 is 17.2 Å². The molecule has 2 aromatic heterocycles. The molecule has 1 N–H and O–H groups in total. The summed E-state index contributed by atoms with van der Waals surface area (Å²) < 4.78 is 5.40. The molecule has 152 valence electrons. The summed E-state index contributed by atoms with van der Waals surface area (Å²) in [6, 6.07) is 4.35. The lowest BCUT2D eigenvalue weighted by molar-refractivity contribution is -0.123. The Balaban J connectivity index is 1.19. The van der Waals surface area contributed by atoms with Crippen molar-refractivity contribution in [3.05, 3.63) is 23.4 Å². The van der Waals surface area contributed by atoms with E-state index in [2.05, 4.69) is 32.2 Å². The van der Waals surface area contributed by atoms with Gasteiger partial charge in [-0.25, -0.2) is 0 Å². The summed E-state index contributed by atoms with van der Waals surface area (Å²) in [4.78, 5) is 22.4. The number of nitrogens with one attached hydrogen (secondary N) is 1. The molecule has 0 aromatic carbocycles. The van der Waals surface area contributed by atoms with Gasteiger partial charge in [-0.1, -0.05) is 31.0 Å². The van der Waals surface area contributed by atoms with Gasteiger partial charge in [0.2, 0.25) is 17.6 Å². The van der Waals surface area contributed by atoms with Crippen LogP contribution in [0.5, 0.6) is 0 Å². The number of hydrogen-bond acceptors (Lipinski definition) is 7. The Hall–Kier alpha value is -1.77. The number of aromatic nitrogens is 2. The summed E-state index contributed by atoms with van der Waals surface area (Å²) >= 11 is 1.61. The molecule has 2 aromatic rings. The number of nitrogens with zero attached hydrogens (tertiary/aromatic N) is 4. The van der Waals surface area contributed by atoms with Gasteiger partial charge < -0.3 is 9.84 Å². The number of carbonyl (C=O) groups is 1. The highest BCUT2D eigenvalue weighted by molar-refractivity contribution is 7.13. The highest BCUT2D eigenvalue weighted by Crippen LogP contribution is 2.23. The van der Waals surface area contributed by atoms with Crippen LogP contribution in [0.15, 0.2) is 22.0 Å². The number of hydrogen-bond donors (Lipinski definition) is 1. The average Bonchev–Trinajstić information content (AvgIpc) is 3.35. The van der Waals surface area contributed by atoms with Crippen molar-refractivity contribution in [2.75, 3.05) is 32.7 Å². The molecule has 1 aliphatic heterocycles. The minimum absolute atomic E-state index is 0.171. The van der Waals surface area contributed by atoms with Crippen LogP contribution in [0, 0.1) is 5.92 Å². The molecular formula is C20H29N5O2S. The standard InChI is InChI=1S/C20H29N5O2S/c1-15-4-2-5-16(12-15)21-18(26)13-24-7-9-25(10-8-24)14-19-22-20(23-27-19)17-6-3-11-28-17/h3,6,11,15-16H,2,4-5,7-10,12-14H2,1H3,(H,21,26). The molecule has 1 saturated heterocycles. The van der Waals surface area contributed by atoms with Gasteiger partial charge in [-0.15, -0.1) is 11.3 Å². The molecule has 28 heavy (non-hydrogen) atoms. The predicted octanol–water partition coefficient (Wildman–Crippen LogP) is 2.61. The largest absolute Gasteiger partial charge is 0.352 e. The summed E-state index contributed by atoms with van der Waals surface area (Å²) in [5, 5.41) is 9.32. The van der Waals surface area contributed by atoms with Gasteiger partial charge in [-0.05, 0) is 30.2 Å². The zero-order chi connectivity index (χ0) is 19.3. The lowest BCUT2D eigenvalue weighted by Crippen LogP contribution is -2.50. The second-order valence-electron chi connectivity index (χ2n) is 8.08. The first kappa shape index (κ1) is 19.5. The van der Waals surface area contributed by atoms with Gasteiger partial charge in [0, 0.05) is 32.2 Å². The highest BCUT2D eigenvalue weighted by Gasteiger charge is 2.24. The van der Waals surface area contributed by atoms with Crippen molar-refractivity contribution in [3.8, 4) is 10.7 Å². The molecule has 1 amide bonds. The molecule has 2 unspecified atom stereocenters. The maximum Gasteiger partial charge on any atom is 0.241 e. The van der Waals surface area contributed by atoms with Gasteiger partial charge >= 0.3 is 0 Å². The number of piperazine rings is 1. The summed E-state index contributed by atoms with van der Waals surface area (Å²) in [6.07, 6.45) is 4.77. The number of amides is 1. The van der Waals surface area contributed by atoms with Crippen molar-refractivity contribution in [1.29, 1.82) is 0 Å². The van der Waals surface area contributed by atoms with E-state index in [0.717, 1.165) is 49.8 Å². The number of carbonyl (C=O) groups excluding carboxylic acids is 1. The van der Waals surface area contributed by atoms with Gasteiger partial charge in [-0.3, -0.25) is 14.6 Å². The van der Waals surface area contributed by atoms with Crippen molar-refractivity contribution < 1.29 is 9.32 Å². The third kappa shape index (κ3) is 5.18. The Kier molecular flexibility index (Phi) is 6.39. The van der Waals surface area contributed by atoms with Crippen LogP contribution in [0.25, 0.3) is 10.7 Å². The Morgan fingerprint density at radius 1 is 1.29 bits per heavy atom. The molecule has 1 aliphatic carbocycles. The summed E-state index contributed by atoms with van der Waals surface area (Å²) in [7, 11) is 0. The fourth-order valence-electron chi connectivity index (χ4n) is 4.16. The maximum atomic E-state index is 12.4. The van der Waals surface area contributed by atoms with Crippen molar-refractivity contribution in [2.45, 2.75) is 45.2 Å². The topological polar surface area (TPSA) is 74.5 Å². The van der Waals surface area contributed by atoms with E-state index in [1.54, 1.807) is 11.3 Å². The molecule has 8 heteroatoms. The second-order valence-corrected chi connectivity index (χ2v) is 9.03. The lowest BCUT2D eigenvalue weighted by Gasteiger charge is -2.34. The quantitative estimate of drug-likeness (QED) is 0.799. The fourth-order valence-corrected chi connectivity index (χ4v) is 4.81. The van der Waals surface area contributed by atoms with Gasteiger partial charge in [0.1, 0.15) is 0 Å². The van der Waals surface area contributed by atoms with Crippen LogP contribution < -0.4 is 5.32 Å². The molecule has 2 atom stereocenters. The molecule has 0 spiro atoms. The monoisotopic (exact) mass is 403 g/mol. The van der Waals surface area contributed by atoms with Crippen LogP contribution in [0.3, 0.4) is 0 Å². The first-order valence-electron chi connectivity index (χ1n) is 10.3. The Labute approximate surface area is 170 Å². The molecule has 7 nitrogen and oxygen atoms in total. The Bertz CT molecular complexity index is 754. The van der Waals surface area contributed by atoms with Crippen LogP contribution in [0.4, 0.5) is 0 Å². The third-order valence-electron chi connectivity index (χ3n) is 5.70. The van der Waals surface area contributed by atoms with E-state index in [1.165, 1.54) is 12.8 Å². The van der Waals surface area contributed by atoms with Crippen molar-refractivity contribution in [1.82, 2.24) is 25.3 Å². The molecule has 3 heterocycles. The van der Waals surface area contributed by atoms with E-state index in [1.807, 2.05) is 17.5 Å². The first-order valence-corrected chi connectivity index (χ1v) is 11.1. The predicted molar refractivity (Wildman–Crippen MR) is 109 cm³/mol. The van der Waals surface area contributed by atoms with Gasteiger partial charge in [0.15, 0.2) is 0 Å². The number of thiophene rings is 1. The smallest absolute Gasteiger partial charge is 0.241 e. The van der Waals surface area contributed by atoms with Gasteiger partial charge in [0.25, 0.3) is 0 Å². The van der Waals surface area contributed by atoms with Crippen LogP contribution in [-0.4, -0.2) is 64.6 Å².